The van der Waals surface area contributed by atoms with Crippen LogP contribution in [0.15, 0.2) is 21.8 Å². The van der Waals surface area contributed by atoms with Gasteiger partial charge in [0.2, 0.25) is 0 Å². The highest BCUT2D eigenvalue weighted by Gasteiger charge is 2.11. The Morgan fingerprint density at radius 2 is 2.20 bits per heavy atom. The van der Waals surface area contributed by atoms with Gasteiger partial charge >= 0.3 is 5.97 Å². The number of benzene rings is 1. The first-order valence-corrected chi connectivity index (χ1v) is 4.76. The fraction of sp³-hybridized carbons (Fsp3) is 0.111. The number of aromatic hydroxyl groups is 1. The number of aromatic carboxylic acids is 1. The standard InChI is InChI=1S/C9H8BrNO4/c10-7-4-6(9(13)14)3-5(8(7)12)1-2-11-15/h2-4,12,15H,1H2,(H,13,14). The van der Waals surface area contributed by atoms with Crippen molar-refractivity contribution < 1.29 is 20.2 Å². The van der Waals surface area contributed by atoms with E-state index in [0.29, 0.717) is 10.0 Å². The lowest BCUT2D eigenvalue weighted by molar-refractivity contribution is 0.0696. The molecular formula is C9H8BrNO4. The van der Waals surface area contributed by atoms with Gasteiger partial charge in [0.25, 0.3) is 0 Å². The molecule has 6 heteroatoms. The second-order valence-corrected chi connectivity index (χ2v) is 3.63. The maximum absolute atomic E-state index is 10.7. The number of carbonyl (C=O) groups is 1. The number of phenols is 1. The Labute approximate surface area is 93.8 Å². The van der Waals surface area contributed by atoms with E-state index >= 15 is 0 Å². The van der Waals surface area contributed by atoms with Gasteiger partial charge in [-0.3, -0.25) is 0 Å². The molecule has 0 bridgehead atoms. The number of carboxylic acids is 1. The van der Waals surface area contributed by atoms with Crippen molar-refractivity contribution in [3.8, 4) is 5.75 Å². The molecule has 5 nitrogen and oxygen atoms in total. The lowest BCUT2D eigenvalue weighted by Gasteiger charge is -2.05. The topological polar surface area (TPSA) is 90.1 Å². The zero-order valence-electron chi connectivity index (χ0n) is 7.51. The van der Waals surface area contributed by atoms with Crippen LogP contribution in [0.3, 0.4) is 0 Å². The smallest absolute Gasteiger partial charge is 0.335 e. The highest BCUT2D eigenvalue weighted by Crippen LogP contribution is 2.29. The first kappa shape index (κ1) is 11.5. The quantitative estimate of drug-likeness (QED) is 0.445. The van der Waals surface area contributed by atoms with Gasteiger partial charge in [-0.1, -0.05) is 0 Å². The van der Waals surface area contributed by atoms with Crippen molar-refractivity contribution in [1.29, 1.82) is 0 Å². The number of nitrogens with zero attached hydrogens (tertiary/aromatic N) is 1. The maximum atomic E-state index is 10.7. The summed E-state index contributed by atoms with van der Waals surface area (Å²) in [4.78, 5) is 10.7. The molecule has 0 spiro atoms. The van der Waals surface area contributed by atoms with E-state index in [9.17, 15) is 9.90 Å². The van der Waals surface area contributed by atoms with Crippen LogP contribution in [0.1, 0.15) is 15.9 Å². The fourth-order valence-corrected chi connectivity index (χ4v) is 1.58. The number of oxime groups is 1. The van der Waals surface area contributed by atoms with Crippen LogP contribution < -0.4 is 0 Å². The van der Waals surface area contributed by atoms with E-state index in [2.05, 4.69) is 21.1 Å². The van der Waals surface area contributed by atoms with E-state index in [0.717, 1.165) is 6.21 Å². The molecule has 0 fully saturated rings. The van der Waals surface area contributed by atoms with Crippen molar-refractivity contribution >= 4 is 28.1 Å². The number of hydrogen-bond acceptors (Lipinski definition) is 4. The minimum atomic E-state index is -1.09. The van der Waals surface area contributed by atoms with Crippen LogP contribution in [0.4, 0.5) is 0 Å². The third-order valence-electron chi connectivity index (χ3n) is 1.78. The summed E-state index contributed by atoms with van der Waals surface area (Å²) in [5.41, 5.74) is 0.431. The van der Waals surface area contributed by atoms with Crippen molar-refractivity contribution in [3.63, 3.8) is 0 Å². The van der Waals surface area contributed by atoms with Gasteiger partial charge in [0.05, 0.1) is 10.0 Å². The van der Waals surface area contributed by atoms with E-state index in [4.69, 9.17) is 10.3 Å². The molecule has 1 aromatic rings. The maximum Gasteiger partial charge on any atom is 0.335 e. The zero-order chi connectivity index (χ0) is 11.4. The van der Waals surface area contributed by atoms with E-state index < -0.39 is 5.97 Å². The Morgan fingerprint density at radius 3 is 2.73 bits per heavy atom. The monoisotopic (exact) mass is 273 g/mol. The van der Waals surface area contributed by atoms with E-state index in [1.807, 2.05) is 0 Å². The Kier molecular flexibility index (Phi) is 3.68. The average Bonchev–Trinajstić information content (AvgIpc) is 2.19. The summed E-state index contributed by atoms with van der Waals surface area (Å²) in [5, 5.41) is 29.3. The summed E-state index contributed by atoms with van der Waals surface area (Å²) in [6.07, 6.45) is 1.31. The lowest BCUT2D eigenvalue weighted by Crippen LogP contribution is -1.99. The molecule has 0 unspecified atom stereocenters. The summed E-state index contributed by atoms with van der Waals surface area (Å²) < 4.78 is 0.295. The summed E-state index contributed by atoms with van der Waals surface area (Å²) >= 11 is 3.04. The third kappa shape index (κ3) is 2.69. The number of carboxylic acid groups (broad SMARTS) is 1. The Hall–Kier alpha value is -1.56. The first-order valence-electron chi connectivity index (χ1n) is 3.97. The minimum Gasteiger partial charge on any atom is -0.506 e. The van der Waals surface area contributed by atoms with Crippen LogP contribution >= 0.6 is 15.9 Å². The van der Waals surface area contributed by atoms with Crippen LogP contribution in [-0.2, 0) is 6.42 Å². The zero-order valence-corrected chi connectivity index (χ0v) is 9.10. The summed E-state index contributed by atoms with van der Waals surface area (Å²) in [7, 11) is 0. The summed E-state index contributed by atoms with van der Waals surface area (Å²) in [6, 6.07) is 2.63. The van der Waals surface area contributed by atoms with E-state index in [1.54, 1.807) is 0 Å². The molecule has 0 atom stereocenters. The van der Waals surface area contributed by atoms with Gasteiger partial charge in [-0.2, -0.15) is 0 Å². The second-order valence-electron chi connectivity index (χ2n) is 2.77. The molecule has 0 saturated carbocycles. The van der Waals surface area contributed by atoms with Gasteiger partial charge in [0, 0.05) is 18.2 Å². The molecule has 15 heavy (non-hydrogen) atoms. The molecule has 0 radical (unpaired) electrons. The van der Waals surface area contributed by atoms with Crippen LogP contribution in [0, 0.1) is 0 Å². The predicted molar refractivity (Wildman–Crippen MR) is 56.7 cm³/mol. The highest BCUT2D eigenvalue weighted by atomic mass is 79.9. The van der Waals surface area contributed by atoms with Gasteiger partial charge in [0.1, 0.15) is 5.75 Å². The molecule has 1 rings (SSSR count). The van der Waals surface area contributed by atoms with Crippen molar-refractivity contribution in [2.75, 3.05) is 0 Å². The van der Waals surface area contributed by atoms with Gasteiger partial charge in [-0.25, -0.2) is 4.79 Å². The number of halogens is 1. The minimum absolute atomic E-state index is 0.0556. The lowest BCUT2D eigenvalue weighted by atomic mass is 10.1. The highest BCUT2D eigenvalue weighted by molar-refractivity contribution is 9.10. The second kappa shape index (κ2) is 4.79. The van der Waals surface area contributed by atoms with E-state index in [-0.39, 0.29) is 17.7 Å². The number of rotatable bonds is 3. The van der Waals surface area contributed by atoms with Crippen molar-refractivity contribution in [2.24, 2.45) is 5.16 Å². The van der Waals surface area contributed by atoms with Gasteiger partial charge in [-0.15, -0.1) is 5.16 Å². The molecule has 0 aliphatic carbocycles. The van der Waals surface area contributed by atoms with Crippen molar-refractivity contribution in [2.45, 2.75) is 6.42 Å². The van der Waals surface area contributed by atoms with Crippen molar-refractivity contribution in [1.82, 2.24) is 0 Å². The van der Waals surface area contributed by atoms with Crippen LogP contribution in [-0.4, -0.2) is 27.6 Å². The molecule has 0 heterocycles. The van der Waals surface area contributed by atoms with Gasteiger partial charge in [-0.05, 0) is 28.1 Å². The molecule has 80 valence electrons. The van der Waals surface area contributed by atoms with Crippen LogP contribution in [0.25, 0.3) is 0 Å². The van der Waals surface area contributed by atoms with Gasteiger partial charge < -0.3 is 15.4 Å². The molecular weight excluding hydrogens is 266 g/mol. The average molecular weight is 274 g/mol. The Bertz CT molecular complexity index is 417. The molecule has 0 aliphatic heterocycles. The normalized spacial score (nSPS) is 10.7. The fourth-order valence-electron chi connectivity index (χ4n) is 1.07. The van der Waals surface area contributed by atoms with Crippen molar-refractivity contribution in [3.05, 3.63) is 27.7 Å². The molecule has 0 aliphatic rings. The summed E-state index contributed by atoms with van der Waals surface area (Å²) in [5.74, 6) is -1.14. The molecule has 0 saturated heterocycles. The van der Waals surface area contributed by atoms with Crippen LogP contribution in [0.2, 0.25) is 0 Å². The SMILES string of the molecule is O=C(O)c1cc(Br)c(O)c(CC=NO)c1. The summed E-state index contributed by atoms with van der Waals surface area (Å²) in [6.45, 7) is 0. The van der Waals surface area contributed by atoms with E-state index in [1.165, 1.54) is 12.1 Å². The number of phenolic OH excluding ortho intramolecular Hbond substituents is 1. The largest absolute Gasteiger partial charge is 0.506 e. The van der Waals surface area contributed by atoms with Crippen LogP contribution in [0.5, 0.6) is 5.75 Å². The van der Waals surface area contributed by atoms with Gasteiger partial charge in [0.15, 0.2) is 0 Å². The number of hydrogen-bond donors (Lipinski definition) is 3. The molecule has 3 N–H and O–H groups in total. The predicted octanol–water partition coefficient (Wildman–Crippen LogP) is 1.86. The Balaban J connectivity index is 3.18. The molecule has 0 amide bonds. The molecule has 1 aromatic carbocycles. The first-order chi connectivity index (χ1) is 7.06. The Morgan fingerprint density at radius 1 is 1.53 bits per heavy atom. The molecule has 0 aromatic heterocycles. The third-order valence-corrected chi connectivity index (χ3v) is 2.39.